The number of amides is 3. The summed E-state index contributed by atoms with van der Waals surface area (Å²) in [4.78, 5) is 85.7. The molecule has 4 aliphatic rings. The summed E-state index contributed by atoms with van der Waals surface area (Å²) < 4.78 is 73.3. The Hall–Kier alpha value is -6.90. The van der Waals surface area contributed by atoms with E-state index in [-0.39, 0.29) is 66.9 Å². The molecule has 3 amide bonds. The number of benzene rings is 2. The van der Waals surface area contributed by atoms with Crippen LogP contribution in [0.2, 0.25) is 0 Å². The summed E-state index contributed by atoms with van der Waals surface area (Å²) in [5.74, 6) is -3.72. The monoisotopic (exact) mass is 1170 g/mol. The number of H-pyrrole nitrogens is 1. The lowest BCUT2D eigenvalue weighted by Crippen LogP contribution is -2.59. The Morgan fingerprint density at radius 1 is 0.854 bits per heavy atom. The molecule has 0 bridgehead atoms. The van der Waals surface area contributed by atoms with Crippen molar-refractivity contribution in [3.05, 3.63) is 107 Å². The maximum Gasteiger partial charge on any atom is 0.301 e. The average Bonchev–Trinajstić information content (AvgIpc) is 4.13. The Bertz CT molecular complexity index is 3440. The van der Waals surface area contributed by atoms with Gasteiger partial charge in [0.2, 0.25) is 29.5 Å². The third kappa shape index (κ3) is 12.8. The Balaban J connectivity index is 0.682. The Labute approximate surface area is 478 Å². The average molecular weight is 1170 g/mol. The maximum atomic E-state index is 15.8. The summed E-state index contributed by atoms with van der Waals surface area (Å²) in [5.41, 5.74) is 3.69. The molecule has 436 valence electrons. The first-order chi connectivity index (χ1) is 39.1. The zero-order chi connectivity index (χ0) is 58.2. The number of piperidine rings is 1. The number of alkyl halides is 1. The van der Waals surface area contributed by atoms with Gasteiger partial charge in [0.15, 0.2) is 5.82 Å². The summed E-state index contributed by atoms with van der Waals surface area (Å²) in [6.45, 7) is 14.4. The molecule has 0 spiro atoms. The van der Waals surface area contributed by atoms with Gasteiger partial charge in [-0.1, -0.05) is 45.0 Å². The van der Waals surface area contributed by atoms with E-state index in [1.165, 1.54) is 11.1 Å². The summed E-state index contributed by atoms with van der Waals surface area (Å²) in [6.07, 6.45) is 5.77. The molecule has 0 unspecified atom stereocenters. The standard InChI is InChI=1S/C57H68F3N13O7S2/c1-33(36-6-8-37(9-7-36)51-34(2)65-32-81-51)66-54(77)46-23-41(74)30-73(46)55(78)52(57(3,4)5)67-47(75)31-69-15-12-35(13-16-69)28-70-18-20-71(21-19-70)56-63-25-39(26-64-56)38-22-42-43(27-62-53(42)61-24-38)50(76)48-44(59)10-11-45(49(48)60)68-82(79,80)72-17-14-40(58)29-72/h6-11,22,24-27,32-33,35,40-41,46,52,68,74H,12-21,23,28-31H2,1-5H3,(H,61,62)(H,66,77)(H,67,75)/t33-,40+,41+,46-,52+/m0/s1. The number of nitrogens with one attached hydrogen (secondary N) is 4. The van der Waals surface area contributed by atoms with Gasteiger partial charge in [0.05, 0.1) is 46.0 Å². The normalized spacial score (nSPS) is 20.5. The van der Waals surface area contributed by atoms with E-state index in [0.29, 0.717) is 36.1 Å². The number of aryl methyl sites for hydroxylation is 1. The number of pyridine rings is 1. The van der Waals surface area contributed by atoms with Crippen LogP contribution in [0.3, 0.4) is 0 Å². The zero-order valence-electron chi connectivity index (χ0n) is 46.4. The van der Waals surface area contributed by atoms with Crippen LogP contribution >= 0.6 is 11.3 Å². The molecule has 4 fully saturated rings. The molecule has 0 aliphatic carbocycles. The van der Waals surface area contributed by atoms with Gasteiger partial charge in [-0.15, -0.1) is 11.3 Å². The van der Waals surface area contributed by atoms with Crippen molar-refractivity contribution in [2.45, 2.75) is 90.7 Å². The molecule has 10 rings (SSSR count). The number of likely N-dealkylation sites (tertiary alicyclic amines) is 2. The van der Waals surface area contributed by atoms with Crippen molar-refractivity contribution in [3.8, 4) is 21.6 Å². The Morgan fingerprint density at radius 3 is 2.22 bits per heavy atom. The van der Waals surface area contributed by atoms with Gasteiger partial charge in [-0.05, 0) is 86.9 Å². The van der Waals surface area contributed by atoms with Crippen LogP contribution in [0.5, 0.6) is 0 Å². The molecule has 4 aromatic heterocycles. The molecule has 2 aromatic carbocycles. The number of piperazine rings is 1. The first-order valence-electron chi connectivity index (χ1n) is 27.6. The third-order valence-electron chi connectivity index (χ3n) is 16.0. The lowest BCUT2D eigenvalue weighted by Gasteiger charge is -2.39. The smallest absolute Gasteiger partial charge is 0.301 e. The molecule has 8 heterocycles. The van der Waals surface area contributed by atoms with Crippen LogP contribution in [0.1, 0.15) is 86.6 Å². The van der Waals surface area contributed by atoms with E-state index < -0.39 is 81.1 Å². The van der Waals surface area contributed by atoms with Crippen LogP contribution in [-0.2, 0) is 24.6 Å². The van der Waals surface area contributed by atoms with Crippen molar-refractivity contribution in [3.63, 3.8) is 0 Å². The molecule has 5 atom stereocenters. The summed E-state index contributed by atoms with van der Waals surface area (Å²) in [6, 6.07) is 9.05. The first-order valence-corrected chi connectivity index (χ1v) is 29.9. The Morgan fingerprint density at radius 2 is 1.56 bits per heavy atom. The number of hydrogen-bond acceptors (Lipinski definition) is 15. The molecule has 4 saturated heterocycles. The highest BCUT2D eigenvalue weighted by atomic mass is 32.2. The van der Waals surface area contributed by atoms with Gasteiger partial charge in [0.25, 0.3) is 0 Å². The number of anilines is 2. The maximum absolute atomic E-state index is 15.8. The van der Waals surface area contributed by atoms with E-state index in [9.17, 15) is 37.1 Å². The van der Waals surface area contributed by atoms with Crippen molar-refractivity contribution in [2.24, 2.45) is 11.3 Å². The van der Waals surface area contributed by atoms with Crippen molar-refractivity contribution in [1.82, 2.24) is 54.6 Å². The van der Waals surface area contributed by atoms with Crippen molar-refractivity contribution >= 4 is 67.7 Å². The topological polar surface area (TPSA) is 242 Å². The minimum atomic E-state index is -4.39. The molecular weight excluding hydrogens is 1100 g/mol. The van der Waals surface area contributed by atoms with Crippen LogP contribution in [0.25, 0.3) is 32.6 Å². The number of β-amino-alcohol motifs (C(OH)–C–C–N with tert-alkyl or cyclic N) is 1. The van der Waals surface area contributed by atoms with E-state index in [0.717, 1.165) is 83.7 Å². The number of ketones is 1. The van der Waals surface area contributed by atoms with Gasteiger partial charge in [-0.2, -0.15) is 12.7 Å². The zero-order valence-corrected chi connectivity index (χ0v) is 48.0. The minimum Gasteiger partial charge on any atom is -0.391 e. The lowest BCUT2D eigenvalue weighted by atomic mass is 9.85. The number of hydrogen-bond donors (Lipinski definition) is 5. The predicted molar refractivity (Wildman–Crippen MR) is 305 cm³/mol. The minimum absolute atomic E-state index is 0.0119. The van der Waals surface area contributed by atoms with Gasteiger partial charge >= 0.3 is 10.2 Å². The number of fused-ring (bicyclic) bond motifs is 1. The molecule has 0 saturated carbocycles. The van der Waals surface area contributed by atoms with E-state index in [1.54, 1.807) is 36.0 Å². The highest BCUT2D eigenvalue weighted by molar-refractivity contribution is 7.90. The van der Waals surface area contributed by atoms with E-state index in [4.69, 9.17) is 0 Å². The third-order valence-corrected chi connectivity index (χ3v) is 18.5. The highest BCUT2D eigenvalue weighted by Crippen LogP contribution is 2.33. The number of aliphatic hydroxyl groups is 1. The summed E-state index contributed by atoms with van der Waals surface area (Å²) in [5, 5.41) is 17.1. The second kappa shape index (κ2) is 24.1. The van der Waals surface area contributed by atoms with Gasteiger partial charge in [-0.25, -0.2) is 33.1 Å². The second-order valence-electron chi connectivity index (χ2n) is 22.9. The van der Waals surface area contributed by atoms with Crippen molar-refractivity contribution < 1.29 is 45.9 Å². The first kappa shape index (κ1) is 58.3. The molecule has 20 nitrogen and oxygen atoms in total. The number of aliphatic hydroxyl groups excluding tert-OH is 1. The summed E-state index contributed by atoms with van der Waals surface area (Å²) in [7, 11) is -4.39. The number of thiazole rings is 1. The van der Waals surface area contributed by atoms with Gasteiger partial charge in [-0.3, -0.25) is 33.7 Å². The van der Waals surface area contributed by atoms with Crippen LogP contribution in [-0.4, -0.2) is 177 Å². The molecule has 0 radical (unpaired) electrons. The van der Waals surface area contributed by atoms with Crippen molar-refractivity contribution in [2.75, 3.05) is 81.6 Å². The predicted octanol–water partition coefficient (Wildman–Crippen LogP) is 5.87. The number of rotatable bonds is 17. The Kier molecular flexibility index (Phi) is 17.2. The number of aromatic nitrogens is 5. The second-order valence-corrected chi connectivity index (χ2v) is 25.5. The van der Waals surface area contributed by atoms with Crippen molar-refractivity contribution in [1.29, 1.82) is 0 Å². The van der Waals surface area contributed by atoms with E-state index in [1.807, 2.05) is 69.1 Å². The fraction of sp³-hybridized carbons (Fsp3) is 0.474. The van der Waals surface area contributed by atoms with Crippen LogP contribution in [0.15, 0.2) is 72.8 Å². The SMILES string of the molecule is Cc1ncsc1-c1ccc([C@H](C)NC(=O)[C@@H]2C[C@@H](O)CN2C(=O)[C@@H](NC(=O)CN2CCC(CN3CCN(c4ncc(-c5cnc6[nH]cc(C(=O)c7c(F)ccc(NS(=O)(=O)N8CC[C@@H](F)C8)c7F)c6c5)cn4)CC3)CC2)C(C)(C)C)cc1. The highest BCUT2D eigenvalue weighted by Gasteiger charge is 2.45. The molecule has 4 aliphatic heterocycles. The van der Waals surface area contributed by atoms with Crippen LogP contribution in [0.4, 0.5) is 24.8 Å². The number of halogens is 3. The molecule has 5 N–H and O–H groups in total. The summed E-state index contributed by atoms with van der Waals surface area (Å²) >= 11 is 1.57. The van der Waals surface area contributed by atoms with E-state index >= 15 is 8.78 Å². The molecule has 6 aromatic rings. The molecule has 25 heteroatoms. The number of nitrogens with zero attached hydrogens (tertiary/aromatic N) is 9. The number of aromatic amines is 1. The lowest BCUT2D eigenvalue weighted by molar-refractivity contribution is -0.144. The van der Waals surface area contributed by atoms with E-state index in [2.05, 4.69) is 50.3 Å². The van der Waals surface area contributed by atoms with Crippen LogP contribution in [0, 0.1) is 29.9 Å². The van der Waals surface area contributed by atoms with Gasteiger partial charge < -0.3 is 30.5 Å². The van der Waals surface area contributed by atoms with Gasteiger partial charge in [0.1, 0.15) is 29.7 Å². The molecule has 82 heavy (non-hydrogen) atoms. The number of carbonyl (C=O) groups excluding carboxylic acids is 4. The van der Waals surface area contributed by atoms with Gasteiger partial charge in [0, 0.05) is 106 Å². The fourth-order valence-corrected chi connectivity index (χ4v) is 13.4. The molecular formula is C57H68F3N13O7S2. The number of carbonyl (C=O) groups is 4. The quantitative estimate of drug-likeness (QED) is 0.0672. The fourth-order valence-electron chi connectivity index (χ4n) is 11.3. The van der Waals surface area contributed by atoms with Crippen LogP contribution < -0.4 is 20.3 Å². The largest absolute Gasteiger partial charge is 0.391 e.